The van der Waals surface area contributed by atoms with E-state index in [1.54, 1.807) is 22.7 Å². The summed E-state index contributed by atoms with van der Waals surface area (Å²) >= 11 is 3.59. The summed E-state index contributed by atoms with van der Waals surface area (Å²) in [7, 11) is 12.3. The molecule has 0 N–H and O–H groups in total. The summed E-state index contributed by atoms with van der Waals surface area (Å²) in [5, 5.41) is 2.56. The molecule has 0 unspecified atom stereocenters. The smallest absolute Gasteiger partial charge is 0.169 e. The van der Waals surface area contributed by atoms with Crippen LogP contribution >= 0.6 is 22.7 Å². The fourth-order valence-electron chi connectivity index (χ4n) is 2.95. The average molecular weight is 745 g/mol. The van der Waals surface area contributed by atoms with E-state index < -0.39 is 0 Å². The quantitative estimate of drug-likeness (QED) is 0.198. The lowest BCUT2D eigenvalue weighted by molar-refractivity contribution is -0.671. The largest absolute Gasteiger partial charge is 1.00 e. The van der Waals surface area contributed by atoms with Crippen LogP contribution in [0.2, 0.25) is 0 Å². The number of aromatic nitrogens is 2. The number of nitrogens with zero attached hydrogens (tertiary/aromatic N) is 4. The Balaban J connectivity index is 0.000000341. The molecule has 0 aliphatic heterocycles. The average Bonchev–Trinajstić information content (AvgIpc) is 3.49. The maximum atomic E-state index is 2.16. The third-order valence-corrected chi connectivity index (χ3v) is 7.43. The first kappa shape index (κ1) is 32.3. The Morgan fingerprint density at radius 2 is 0.861 bits per heavy atom. The van der Waals surface area contributed by atoms with Crippen LogP contribution < -0.4 is 66.9 Å². The van der Waals surface area contributed by atoms with E-state index in [-0.39, 0.29) is 48.0 Å². The van der Waals surface area contributed by atoms with Gasteiger partial charge in [-0.1, -0.05) is 12.2 Å². The minimum Gasteiger partial charge on any atom is -1.00 e. The van der Waals surface area contributed by atoms with Crippen LogP contribution in [0, 0.1) is 0 Å². The van der Waals surface area contributed by atoms with Gasteiger partial charge in [-0.3, -0.25) is 0 Å². The molecular weight excluding hydrogens is 710 g/mol. The highest BCUT2D eigenvalue weighted by Gasteiger charge is 2.00. The number of pyridine rings is 2. The van der Waals surface area contributed by atoms with Crippen LogP contribution in [0.5, 0.6) is 0 Å². The molecule has 4 heterocycles. The molecular formula is C28H34I2N4S2. The van der Waals surface area contributed by atoms with E-state index in [9.17, 15) is 0 Å². The normalized spacial score (nSPS) is 10.4. The van der Waals surface area contributed by atoms with Crippen molar-refractivity contribution in [1.82, 2.24) is 0 Å². The Bertz CT molecular complexity index is 1130. The zero-order valence-electron chi connectivity index (χ0n) is 21.6. The molecule has 0 radical (unpaired) electrons. The van der Waals surface area contributed by atoms with Gasteiger partial charge >= 0.3 is 0 Å². The molecule has 0 aliphatic rings. The van der Waals surface area contributed by atoms with Gasteiger partial charge in [-0.05, 0) is 47.5 Å². The SMILES string of the molecule is CN(C)c1ccc(/C=C/c2cc[n+](C)cc2)s1.CN(C)c1ccc(/C=C/c2cc[n+](C)cc2)s1.[I-].[I-]. The van der Waals surface area contributed by atoms with Crippen molar-refractivity contribution in [2.75, 3.05) is 38.0 Å². The predicted molar refractivity (Wildman–Crippen MR) is 150 cm³/mol. The van der Waals surface area contributed by atoms with Gasteiger partial charge in [0.25, 0.3) is 0 Å². The van der Waals surface area contributed by atoms with E-state index in [4.69, 9.17) is 0 Å². The molecule has 0 aromatic carbocycles. The molecule has 4 aromatic heterocycles. The van der Waals surface area contributed by atoms with E-state index in [0.29, 0.717) is 0 Å². The molecule has 36 heavy (non-hydrogen) atoms. The third-order valence-electron chi connectivity index (χ3n) is 5.00. The van der Waals surface area contributed by atoms with Crippen molar-refractivity contribution in [2.24, 2.45) is 14.1 Å². The van der Waals surface area contributed by atoms with E-state index in [2.05, 4.69) is 136 Å². The monoisotopic (exact) mass is 744 g/mol. The highest BCUT2D eigenvalue weighted by molar-refractivity contribution is 7.17. The summed E-state index contributed by atoms with van der Waals surface area (Å²) in [5.74, 6) is 0. The maximum absolute atomic E-state index is 2.16. The minimum absolute atomic E-state index is 0. The van der Waals surface area contributed by atoms with Crippen LogP contribution in [0.15, 0.2) is 73.3 Å². The standard InChI is InChI=1S/2C14H17N2S.2HI/c2*1-15(2)14-7-6-13(17-14)5-4-12-8-10-16(3)11-9-12;;/h2*4-11H,1-3H3;2*1H/q2*+1;;/p-2. The molecule has 0 spiro atoms. The number of aryl methyl sites for hydroxylation is 2. The number of hydrogen-bond acceptors (Lipinski definition) is 4. The number of halogens is 2. The molecule has 0 bridgehead atoms. The lowest BCUT2D eigenvalue weighted by Crippen LogP contribution is -3.00. The Labute approximate surface area is 258 Å². The van der Waals surface area contributed by atoms with Crippen LogP contribution in [0.4, 0.5) is 10.0 Å². The highest BCUT2D eigenvalue weighted by atomic mass is 127. The van der Waals surface area contributed by atoms with Crippen molar-refractivity contribution >= 4 is 57.0 Å². The van der Waals surface area contributed by atoms with Crippen molar-refractivity contribution in [3.8, 4) is 0 Å². The lowest BCUT2D eigenvalue weighted by Gasteiger charge is -2.06. The zero-order valence-corrected chi connectivity index (χ0v) is 27.5. The molecule has 0 saturated heterocycles. The van der Waals surface area contributed by atoms with Gasteiger partial charge in [0.1, 0.15) is 14.1 Å². The first-order valence-corrected chi connectivity index (χ1v) is 12.7. The molecule has 0 saturated carbocycles. The Kier molecular flexibility index (Phi) is 14.5. The number of anilines is 2. The van der Waals surface area contributed by atoms with E-state index >= 15 is 0 Å². The summed E-state index contributed by atoms with van der Waals surface area (Å²) in [4.78, 5) is 6.82. The molecule has 8 heteroatoms. The van der Waals surface area contributed by atoms with Crippen molar-refractivity contribution in [3.63, 3.8) is 0 Å². The molecule has 192 valence electrons. The van der Waals surface area contributed by atoms with Gasteiger partial charge in [-0.25, -0.2) is 9.13 Å². The fraction of sp³-hybridized carbons (Fsp3) is 0.214. The first-order chi connectivity index (χ1) is 16.3. The van der Waals surface area contributed by atoms with Crippen LogP contribution in [0.25, 0.3) is 24.3 Å². The number of hydrogen-bond donors (Lipinski definition) is 0. The second-order valence-corrected chi connectivity index (χ2v) is 10.6. The summed E-state index contributed by atoms with van der Waals surface area (Å²) in [5.41, 5.74) is 2.45. The number of thiophene rings is 2. The zero-order chi connectivity index (χ0) is 24.5. The van der Waals surface area contributed by atoms with Gasteiger partial charge in [-0.15, -0.1) is 22.7 Å². The molecule has 0 fully saturated rings. The van der Waals surface area contributed by atoms with Crippen molar-refractivity contribution in [3.05, 3.63) is 94.2 Å². The van der Waals surface area contributed by atoms with Crippen LogP contribution in [0.3, 0.4) is 0 Å². The molecule has 0 atom stereocenters. The lowest BCUT2D eigenvalue weighted by atomic mass is 10.2. The Hall–Kier alpha value is -1.76. The maximum Gasteiger partial charge on any atom is 0.169 e. The van der Waals surface area contributed by atoms with E-state index in [0.717, 1.165) is 0 Å². The van der Waals surface area contributed by atoms with Gasteiger partial charge < -0.3 is 57.8 Å². The van der Waals surface area contributed by atoms with E-state index in [1.807, 2.05) is 23.2 Å². The summed E-state index contributed by atoms with van der Waals surface area (Å²) in [6.07, 6.45) is 16.8. The minimum atomic E-state index is 0. The summed E-state index contributed by atoms with van der Waals surface area (Å²) < 4.78 is 4.07. The highest BCUT2D eigenvalue weighted by Crippen LogP contribution is 2.26. The van der Waals surface area contributed by atoms with Gasteiger partial charge in [0.05, 0.1) is 10.0 Å². The second kappa shape index (κ2) is 16.2. The van der Waals surface area contributed by atoms with Gasteiger partial charge in [0, 0.05) is 62.2 Å². The Morgan fingerprint density at radius 3 is 1.14 bits per heavy atom. The molecule has 0 amide bonds. The van der Waals surface area contributed by atoms with E-state index in [1.165, 1.54) is 30.9 Å². The van der Waals surface area contributed by atoms with Gasteiger partial charge in [0.2, 0.25) is 0 Å². The van der Waals surface area contributed by atoms with Crippen molar-refractivity contribution < 1.29 is 57.1 Å². The molecule has 4 rings (SSSR count). The van der Waals surface area contributed by atoms with Crippen LogP contribution in [-0.2, 0) is 14.1 Å². The first-order valence-electron chi connectivity index (χ1n) is 11.1. The molecule has 0 aliphatic carbocycles. The summed E-state index contributed by atoms with van der Waals surface area (Å²) in [6, 6.07) is 17.0. The fourth-order valence-corrected chi connectivity index (χ4v) is 4.61. The number of rotatable bonds is 6. The molecule has 4 aromatic rings. The Morgan fingerprint density at radius 1 is 0.528 bits per heavy atom. The summed E-state index contributed by atoms with van der Waals surface area (Å²) in [6.45, 7) is 0. The van der Waals surface area contributed by atoms with Gasteiger partial charge in [-0.2, -0.15) is 0 Å². The molecule has 4 nitrogen and oxygen atoms in total. The predicted octanol–water partition coefficient (Wildman–Crippen LogP) is -0.374. The van der Waals surface area contributed by atoms with Crippen LogP contribution in [0.1, 0.15) is 20.9 Å². The van der Waals surface area contributed by atoms with Gasteiger partial charge in [0.15, 0.2) is 24.8 Å². The van der Waals surface area contributed by atoms with Crippen LogP contribution in [-0.4, -0.2) is 28.2 Å². The van der Waals surface area contributed by atoms with Crippen molar-refractivity contribution in [2.45, 2.75) is 0 Å². The second-order valence-electron chi connectivity index (χ2n) is 8.40. The third kappa shape index (κ3) is 10.7. The van der Waals surface area contributed by atoms with Crippen molar-refractivity contribution in [1.29, 1.82) is 0 Å². The topological polar surface area (TPSA) is 14.2 Å².